The van der Waals surface area contributed by atoms with E-state index in [2.05, 4.69) is 20.3 Å². The Kier molecular flexibility index (Phi) is 5.05. The van der Waals surface area contributed by atoms with Crippen LogP contribution in [0.15, 0.2) is 67.0 Å². The molecule has 1 aliphatic heterocycles. The maximum Gasteiger partial charge on any atom is 0.274 e. The first-order valence-electron chi connectivity index (χ1n) is 10.1. The van der Waals surface area contributed by atoms with E-state index in [0.29, 0.717) is 22.1 Å². The molecule has 1 atom stereocenters. The molecule has 2 aromatic heterocycles. The van der Waals surface area contributed by atoms with E-state index < -0.39 is 0 Å². The smallest absolute Gasteiger partial charge is 0.274 e. The molecule has 3 N–H and O–H groups in total. The van der Waals surface area contributed by atoms with Crippen molar-refractivity contribution in [1.82, 2.24) is 14.6 Å². The number of carbonyl (C=O) groups excluding carboxylic acids is 1. The van der Waals surface area contributed by atoms with E-state index in [1.54, 1.807) is 23.0 Å². The molecule has 0 radical (unpaired) electrons. The van der Waals surface area contributed by atoms with Crippen LogP contribution < -0.4 is 16.0 Å². The molecular formula is C23H21ClN6O. The molecule has 31 heavy (non-hydrogen) atoms. The number of anilines is 2. The fourth-order valence-corrected chi connectivity index (χ4v) is 4.02. The van der Waals surface area contributed by atoms with Crippen molar-refractivity contribution < 1.29 is 4.79 Å². The lowest BCUT2D eigenvalue weighted by Gasteiger charge is -2.18. The van der Waals surface area contributed by atoms with Gasteiger partial charge in [-0.2, -0.15) is 5.10 Å². The second-order valence-corrected chi connectivity index (χ2v) is 8.08. The zero-order chi connectivity index (χ0) is 21.4. The van der Waals surface area contributed by atoms with Gasteiger partial charge in [-0.1, -0.05) is 23.7 Å². The highest BCUT2D eigenvalue weighted by atomic mass is 35.5. The quantitative estimate of drug-likeness (QED) is 0.511. The number of amides is 1. The van der Waals surface area contributed by atoms with Crippen LogP contribution >= 0.6 is 11.6 Å². The molecule has 1 saturated heterocycles. The molecule has 1 fully saturated rings. The molecular weight excluding hydrogens is 412 g/mol. The Bertz CT molecular complexity index is 1250. The molecule has 0 saturated carbocycles. The summed E-state index contributed by atoms with van der Waals surface area (Å²) in [6.45, 7) is 1.81. The van der Waals surface area contributed by atoms with E-state index in [1.807, 2.05) is 48.5 Å². The zero-order valence-electron chi connectivity index (χ0n) is 16.7. The SMILES string of the molecule is N[C@@H]1CCN(c2ccc(NC(=O)c3ccn4ncc(-c5cccc(Cl)c5)c4n3)cc2)C1. The van der Waals surface area contributed by atoms with Gasteiger partial charge in [0, 0.05) is 47.3 Å². The van der Waals surface area contributed by atoms with Crippen molar-refractivity contribution in [2.75, 3.05) is 23.3 Å². The second-order valence-electron chi connectivity index (χ2n) is 7.65. The van der Waals surface area contributed by atoms with Crippen molar-refractivity contribution in [3.8, 4) is 11.1 Å². The van der Waals surface area contributed by atoms with Gasteiger partial charge in [-0.3, -0.25) is 4.79 Å². The lowest BCUT2D eigenvalue weighted by atomic mass is 10.1. The number of carbonyl (C=O) groups is 1. The fourth-order valence-electron chi connectivity index (χ4n) is 3.83. The third kappa shape index (κ3) is 3.97. The highest BCUT2D eigenvalue weighted by Gasteiger charge is 2.19. The van der Waals surface area contributed by atoms with Crippen molar-refractivity contribution in [3.63, 3.8) is 0 Å². The van der Waals surface area contributed by atoms with Gasteiger partial charge in [0.15, 0.2) is 5.65 Å². The Morgan fingerprint density at radius 3 is 2.74 bits per heavy atom. The molecule has 0 spiro atoms. The van der Waals surface area contributed by atoms with Crippen LogP contribution in [0, 0.1) is 0 Å². The standard InChI is InChI=1S/C23H21ClN6O/c24-16-3-1-2-15(12-16)20-13-26-30-11-9-21(28-22(20)30)23(31)27-18-4-6-19(7-5-18)29-10-8-17(25)14-29/h1-7,9,11-13,17H,8,10,14,25H2,(H,27,31)/t17-/m1/s1. The summed E-state index contributed by atoms with van der Waals surface area (Å²) in [5.41, 5.74) is 10.4. The van der Waals surface area contributed by atoms with Crippen LogP contribution in [0.1, 0.15) is 16.9 Å². The Morgan fingerprint density at radius 1 is 1.16 bits per heavy atom. The first-order valence-corrected chi connectivity index (χ1v) is 10.5. The monoisotopic (exact) mass is 432 g/mol. The summed E-state index contributed by atoms with van der Waals surface area (Å²) >= 11 is 6.12. The van der Waals surface area contributed by atoms with Crippen molar-refractivity contribution in [1.29, 1.82) is 0 Å². The van der Waals surface area contributed by atoms with Gasteiger partial charge in [0.1, 0.15) is 5.69 Å². The lowest BCUT2D eigenvalue weighted by molar-refractivity contribution is 0.102. The predicted octanol–water partition coefficient (Wildman–Crippen LogP) is 3.84. The summed E-state index contributed by atoms with van der Waals surface area (Å²) < 4.78 is 1.64. The van der Waals surface area contributed by atoms with E-state index in [-0.39, 0.29) is 11.9 Å². The maximum atomic E-state index is 12.8. The number of aromatic nitrogens is 3. The van der Waals surface area contributed by atoms with Crippen LogP contribution in [0.5, 0.6) is 0 Å². The number of rotatable bonds is 4. The fraction of sp³-hybridized carbons (Fsp3) is 0.174. The number of hydrogen-bond acceptors (Lipinski definition) is 5. The number of nitrogens with two attached hydrogens (primary N) is 1. The normalized spacial score (nSPS) is 16.1. The van der Waals surface area contributed by atoms with E-state index >= 15 is 0 Å². The minimum atomic E-state index is -0.281. The van der Waals surface area contributed by atoms with Gasteiger partial charge in [0.2, 0.25) is 0 Å². The highest BCUT2D eigenvalue weighted by molar-refractivity contribution is 6.30. The topological polar surface area (TPSA) is 88.5 Å². The number of benzene rings is 2. The third-order valence-corrected chi connectivity index (χ3v) is 5.69. The number of hydrogen-bond donors (Lipinski definition) is 2. The molecule has 1 amide bonds. The first-order chi connectivity index (χ1) is 15.1. The number of nitrogens with zero attached hydrogens (tertiary/aromatic N) is 4. The van der Waals surface area contributed by atoms with E-state index in [1.165, 1.54) is 0 Å². The van der Waals surface area contributed by atoms with E-state index in [0.717, 1.165) is 36.3 Å². The molecule has 5 rings (SSSR count). The maximum absolute atomic E-state index is 12.8. The third-order valence-electron chi connectivity index (χ3n) is 5.45. The molecule has 0 aliphatic carbocycles. The van der Waals surface area contributed by atoms with Crippen LogP contribution in [-0.4, -0.2) is 39.6 Å². The van der Waals surface area contributed by atoms with Gasteiger partial charge in [0.25, 0.3) is 5.91 Å². The highest BCUT2D eigenvalue weighted by Crippen LogP contribution is 2.26. The molecule has 2 aromatic carbocycles. The molecule has 3 heterocycles. The molecule has 0 bridgehead atoms. The number of fused-ring (bicyclic) bond motifs is 1. The van der Waals surface area contributed by atoms with Gasteiger partial charge >= 0.3 is 0 Å². The molecule has 156 valence electrons. The average Bonchev–Trinajstić information content (AvgIpc) is 3.40. The number of nitrogens with one attached hydrogen (secondary N) is 1. The Hall–Kier alpha value is -3.42. The Labute approximate surface area is 184 Å². The van der Waals surface area contributed by atoms with Gasteiger partial charge in [-0.25, -0.2) is 9.50 Å². The summed E-state index contributed by atoms with van der Waals surface area (Å²) in [4.78, 5) is 19.6. The van der Waals surface area contributed by atoms with Gasteiger partial charge in [-0.15, -0.1) is 0 Å². The predicted molar refractivity (Wildman–Crippen MR) is 123 cm³/mol. The van der Waals surface area contributed by atoms with E-state index in [9.17, 15) is 4.79 Å². The second kappa shape index (κ2) is 8.02. The van der Waals surface area contributed by atoms with Crippen molar-refractivity contribution in [2.45, 2.75) is 12.5 Å². The summed E-state index contributed by atoms with van der Waals surface area (Å²) in [7, 11) is 0. The summed E-state index contributed by atoms with van der Waals surface area (Å²) in [5, 5.41) is 7.87. The van der Waals surface area contributed by atoms with Gasteiger partial charge in [-0.05, 0) is 54.4 Å². The average molecular weight is 433 g/mol. The molecule has 7 nitrogen and oxygen atoms in total. The first kappa shape index (κ1) is 19.5. The van der Waals surface area contributed by atoms with Gasteiger partial charge in [0.05, 0.1) is 6.20 Å². The minimum Gasteiger partial charge on any atom is -0.370 e. The number of halogens is 1. The van der Waals surface area contributed by atoms with Crippen LogP contribution in [0.4, 0.5) is 11.4 Å². The Morgan fingerprint density at radius 2 is 2.00 bits per heavy atom. The molecule has 0 unspecified atom stereocenters. The van der Waals surface area contributed by atoms with Crippen LogP contribution in [0.3, 0.4) is 0 Å². The van der Waals surface area contributed by atoms with E-state index in [4.69, 9.17) is 17.3 Å². The van der Waals surface area contributed by atoms with Gasteiger partial charge < -0.3 is 16.0 Å². The van der Waals surface area contributed by atoms with Crippen LogP contribution in [0.25, 0.3) is 16.8 Å². The summed E-state index contributed by atoms with van der Waals surface area (Å²) in [6.07, 6.45) is 4.45. The summed E-state index contributed by atoms with van der Waals surface area (Å²) in [5.74, 6) is -0.281. The Balaban J connectivity index is 1.37. The van der Waals surface area contributed by atoms with Crippen molar-refractivity contribution in [3.05, 3.63) is 77.7 Å². The van der Waals surface area contributed by atoms with Crippen molar-refractivity contribution in [2.24, 2.45) is 5.73 Å². The zero-order valence-corrected chi connectivity index (χ0v) is 17.5. The van der Waals surface area contributed by atoms with Crippen molar-refractivity contribution >= 4 is 34.5 Å². The minimum absolute atomic E-state index is 0.223. The molecule has 1 aliphatic rings. The lowest BCUT2D eigenvalue weighted by Crippen LogP contribution is -2.26. The molecule has 8 heteroatoms. The molecule has 4 aromatic rings. The summed E-state index contributed by atoms with van der Waals surface area (Å²) in [6, 6.07) is 17.1. The van der Waals surface area contributed by atoms with Crippen LogP contribution in [0.2, 0.25) is 5.02 Å². The van der Waals surface area contributed by atoms with Crippen LogP contribution in [-0.2, 0) is 0 Å². The largest absolute Gasteiger partial charge is 0.370 e.